The topological polar surface area (TPSA) is 81.9 Å². The summed E-state index contributed by atoms with van der Waals surface area (Å²) >= 11 is 5.96. The predicted molar refractivity (Wildman–Crippen MR) is 100 cm³/mol. The van der Waals surface area contributed by atoms with Gasteiger partial charge in [-0.3, -0.25) is 4.79 Å². The molecule has 0 aliphatic heterocycles. The SMILES string of the molecule is COc1cc(N)c(Cl)cc1C(=O)OC(C)C(=O)N(C)Cc1ccccc1. The molecule has 0 bridgehead atoms. The highest BCUT2D eigenvalue weighted by molar-refractivity contribution is 6.33. The fraction of sp³-hybridized carbons (Fsp3) is 0.263. The summed E-state index contributed by atoms with van der Waals surface area (Å²) in [5.74, 6) is -0.797. The first kappa shape index (κ1) is 19.6. The fourth-order valence-corrected chi connectivity index (χ4v) is 2.58. The van der Waals surface area contributed by atoms with Gasteiger partial charge in [-0.2, -0.15) is 0 Å². The van der Waals surface area contributed by atoms with Gasteiger partial charge in [0.25, 0.3) is 5.91 Å². The van der Waals surface area contributed by atoms with Crippen LogP contribution in [0.15, 0.2) is 42.5 Å². The Kier molecular flexibility index (Phi) is 6.46. The van der Waals surface area contributed by atoms with Crippen molar-refractivity contribution in [2.24, 2.45) is 0 Å². The Morgan fingerprint density at radius 3 is 2.50 bits per heavy atom. The van der Waals surface area contributed by atoms with Gasteiger partial charge < -0.3 is 20.1 Å². The molecule has 0 aliphatic carbocycles. The second-order valence-corrected chi connectivity index (χ2v) is 6.21. The maximum absolute atomic E-state index is 12.5. The van der Waals surface area contributed by atoms with Crippen LogP contribution in [0.1, 0.15) is 22.8 Å². The van der Waals surface area contributed by atoms with Crippen LogP contribution in [0.25, 0.3) is 0 Å². The summed E-state index contributed by atoms with van der Waals surface area (Å²) in [6, 6.07) is 12.3. The molecule has 0 aromatic heterocycles. The lowest BCUT2D eigenvalue weighted by Crippen LogP contribution is -2.37. The van der Waals surface area contributed by atoms with Crippen molar-refractivity contribution in [1.29, 1.82) is 0 Å². The molecule has 2 rings (SSSR count). The third kappa shape index (κ3) is 4.67. The molecular weight excluding hydrogens is 356 g/mol. The normalized spacial score (nSPS) is 11.5. The van der Waals surface area contributed by atoms with E-state index in [0.717, 1.165) is 5.56 Å². The number of nitrogens with zero attached hydrogens (tertiary/aromatic N) is 1. The lowest BCUT2D eigenvalue weighted by molar-refractivity contribution is -0.139. The lowest BCUT2D eigenvalue weighted by atomic mass is 10.1. The van der Waals surface area contributed by atoms with E-state index in [9.17, 15) is 9.59 Å². The van der Waals surface area contributed by atoms with Crippen molar-refractivity contribution in [3.63, 3.8) is 0 Å². The van der Waals surface area contributed by atoms with Gasteiger partial charge in [0.15, 0.2) is 6.10 Å². The molecule has 0 heterocycles. The van der Waals surface area contributed by atoms with Crippen molar-refractivity contribution in [3.05, 3.63) is 58.6 Å². The molecule has 0 fully saturated rings. The summed E-state index contributed by atoms with van der Waals surface area (Å²) in [4.78, 5) is 26.4. The second kappa shape index (κ2) is 8.58. The Morgan fingerprint density at radius 2 is 1.88 bits per heavy atom. The molecule has 7 heteroatoms. The number of ether oxygens (including phenoxy) is 2. The van der Waals surface area contributed by atoms with Crippen molar-refractivity contribution in [2.75, 3.05) is 19.9 Å². The van der Waals surface area contributed by atoms with Crippen LogP contribution in [0.5, 0.6) is 5.75 Å². The van der Waals surface area contributed by atoms with E-state index in [1.165, 1.54) is 31.1 Å². The van der Waals surface area contributed by atoms with Crippen LogP contribution in [0.2, 0.25) is 5.02 Å². The maximum Gasteiger partial charge on any atom is 0.342 e. The molecule has 138 valence electrons. The van der Waals surface area contributed by atoms with Crippen LogP contribution in [0.4, 0.5) is 5.69 Å². The number of anilines is 1. The summed E-state index contributed by atoms with van der Waals surface area (Å²) in [7, 11) is 3.06. The highest BCUT2D eigenvalue weighted by atomic mass is 35.5. The number of carbonyl (C=O) groups is 2. The Labute approximate surface area is 157 Å². The van der Waals surface area contributed by atoms with E-state index in [1.54, 1.807) is 7.05 Å². The van der Waals surface area contributed by atoms with Gasteiger partial charge in [-0.05, 0) is 18.6 Å². The maximum atomic E-state index is 12.5. The molecule has 6 nitrogen and oxygen atoms in total. The van der Waals surface area contributed by atoms with Gasteiger partial charge in [0, 0.05) is 19.7 Å². The summed E-state index contributed by atoms with van der Waals surface area (Å²) < 4.78 is 10.4. The summed E-state index contributed by atoms with van der Waals surface area (Å²) in [5.41, 5.74) is 7.08. The Bertz CT molecular complexity index is 796. The van der Waals surface area contributed by atoms with Crippen LogP contribution in [-0.2, 0) is 16.1 Å². The van der Waals surface area contributed by atoms with E-state index >= 15 is 0 Å². The van der Waals surface area contributed by atoms with E-state index in [4.69, 9.17) is 26.8 Å². The average molecular weight is 377 g/mol. The van der Waals surface area contributed by atoms with Gasteiger partial charge in [0.1, 0.15) is 11.3 Å². The molecule has 0 aliphatic rings. The van der Waals surface area contributed by atoms with Crippen LogP contribution >= 0.6 is 11.6 Å². The monoisotopic (exact) mass is 376 g/mol. The summed E-state index contributed by atoms with van der Waals surface area (Å²) in [5, 5.41) is 0.206. The fourth-order valence-electron chi connectivity index (χ4n) is 2.42. The number of amides is 1. The molecule has 0 saturated heterocycles. The Morgan fingerprint density at radius 1 is 1.23 bits per heavy atom. The zero-order valence-corrected chi connectivity index (χ0v) is 15.6. The van der Waals surface area contributed by atoms with Crippen molar-refractivity contribution in [2.45, 2.75) is 19.6 Å². The lowest BCUT2D eigenvalue weighted by Gasteiger charge is -2.22. The number of nitrogen functional groups attached to an aromatic ring is 1. The summed E-state index contributed by atoms with van der Waals surface area (Å²) in [6.07, 6.45) is -0.961. The molecular formula is C19H21ClN2O4. The zero-order valence-electron chi connectivity index (χ0n) is 14.9. The molecule has 0 saturated carbocycles. The van der Waals surface area contributed by atoms with Gasteiger partial charge in [0.2, 0.25) is 0 Å². The third-order valence-corrected chi connectivity index (χ3v) is 4.14. The van der Waals surface area contributed by atoms with E-state index < -0.39 is 12.1 Å². The highest BCUT2D eigenvalue weighted by Crippen LogP contribution is 2.29. The number of carbonyl (C=O) groups excluding carboxylic acids is 2. The quantitative estimate of drug-likeness (QED) is 0.618. The minimum atomic E-state index is -0.961. The smallest absolute Gasteiger partial charge is 0.342 e. The zero-order chi connectivity index (χ0) is 19.3. The van der Waals surface area contributed by atoms with Gasteiger partial charge in [-0.25, -0.2) is 4.79 Å². The van der Waals surface area contributed by atoms with Crippen molar-refractivity contribution in [3.8, 4) is 5.75 Å². The molecule has 0 spiro atoms. The first-order chi connectivity index (χ1) is 12.3. The Balaban J connectivity index is 2.06. The summed E-state index contributed by atoms with van der Waals surface area (Å²) in [6.45, 7) is 1.94. The molecule has 0 radical (unpaired) electrons. The standard InChI is InChI=1S/C19H21ClN2O4/c1-12(18(23)22(2)11-13-7-5-4-6-8-13)26-19(24)14-9-15(20)16(21)10-17(14)25-3/h4-10,12H,11,21H2,1-3H3. The molecule has 2 N–H and O–H groups in total. The number of esters is 1. The molecule has 26 heavy (non-hydrogen) atoms. The molecule has 1 amide bonds. The second-order valence-electron chi connectivity index (χ2n) is 5.80. The minimum Gasteiger partial charge on any atom is -0.496 e. The van der Waals surface area contributed by atoms with Gasteiger partial charge in [-0.1, -0.05) is 41.9 Å². The number of benzene rings is 2. The first-order valence-electron chi connectivity index (χ1n) is 7.96. The number of hydrogen-bond acceptors (Lipinski definition) is 5. The first-order valence-corrected chi connectivity index (χ1v) is 8.34. The molecule has 1 atom stereocenters. The van der Waals surface area contributed by atoms with E-state index in [2.05, 4.69) is 0 Å². The number of nitrogens with two attached hydrogens (primary N) is 1. The number of rotatable bonds is 6. The van der Waals surface area contributed by atoms with Crippen LogP contribution in [0.3, 0.4) is 0 Å². The Hall–Kier alpha value is -2.73. The van der Waals surface area contributed by atoms with Crippen LogP contribution < -0.4 is 10.5 Å². The number of halogens is 1. The van der Waals surface area contributed by atoms with Gasteiger partial charge in [0.05, 0.1) is 17.8 Å². The molecule has 2 aromatic carbocycles. The highest BCUT2D eigenvalue weighted by Gasteiger charge is 2.24. The number of methoxy groups -OCH3 is 1. The number of hydrogen-bond donors (Lipinski definition) is 1. The van der Waals surface area contributed by atoms with Crippen molar-refractivity contribution in [1.82, 2.24) is 4.90 Å². The molecule has 2 aromatic rings. The van der Waals surface area contributed by atoms with Gasteiger partial charge >= 0.3 is 5.97 Å². The minimum absolute atomic E-state index is 0.108. The van der Waals surface area contributed by atoms with Crippen molar-refractivity contribution < 1.29 is 19.1 Å². The third-order valence-electron chi connectivity index (χ3n) is 3.81. The molecule has 1 unspecified atom stereocenters. The van der Waals surface area contributed by atoms with Crippen LogP contribution in [-0.4, -0.2) is 37.0 Å². The van der Waals surface area contributed by atoms with Crippen molar-refractivity contribution >= 4 is 29.2 Å². The van der Waals surface area contributed by atoms with E-state index in [1.807, 2.05) is 30.3 Å². The largest absolute Gasteiger partial charge is 0.496 e. The van der Waals surface area contributed by atoms with E-state index in [-0.39, 0.29) is 27.9 Å². The number of likely N-dealkylation sites (N-methyl/N-ethyl adjacent to an activating group) is 1. The van der Waals surface area contributed by atoms with Crippen LogP contribution in [0, 0.1) is 0 Å². The predicted octanol–water partition coefficient (Wildman–Crippen LogP) is 3.13. The average Bonchev–Trinajstić information content (AvgIpc) is 2.63. The van der Waals surface area contributed by atoms with Gasteiger partial charge in [-0.15, -0.1) is 0 Å². The van der Waals surface area contributed by atoms with E-state index in [0.29, 0.717) is 6.54 Å².